The molecule has 0 aliphatic carbocycles. The second-order valence-corrected chi connectivity index (χ2v) is 2.31. The van der Waals surface area contributed by atoms with Gasteiger partial charge in [0, 0.05) is 14.1 Å². The van der Waals surface area contributed by atoms with Gasteiger partial charge in [0.1, 0.15) is 0 Å². The standard InChI is InChI=1S/C5H8ClN3/c1-9(2)5-4(6)7-3-8-5/h3H,1-2H3,(H,7,8). The van der Waals surface area contributed by atoms with Crippen LogP contribution in [-0.4, -0.2) is 24.1 Å². The zero-order valence-electron chi connectivity index (χ0n) is 5.35. The quantitative estimate of drug-likeness (QED) is 0.643. The zero-order valence-corrected chi connectivity index (χ0v) is 6.11. The summed E-state index contributed by atoms with van der Waals surface area (Å²) in [5.41, 5.74) is 0. The monoisotopic (exact) mass is 145 g/mol. The van der Waals surface area contributed by atoms with E-state index in [9.17, 15) is 0 Å². The molecule has 0 atom stereocenters. The van der Waals surface area contributed by atoms with E-state index < -0.39 is 0 Å². The molecule has 0 amide bonds. The van der Waals surface area contributed by atoms with Crippen LogP contribution in [0.5, 0.6) is 0 Å². The molecule has 0 fully saturated rings. The van der Waals surface area contributed by atoms with Crippen molar-refractivity contribution in [1.29, 1.82) is 0 Å². The highest BCUT2D eigenvalue weighted by atomic mass is 35.5. The first-order chi connectivity index (χ1) is 4.22. The van der Waals surface area contributed by atoms with E-state index in [0.717, 1.165) is 5.82 Å². The molecule has 0 saturated carbocycles. The Morgan fingerprint density at radius 2 is 2.33 bits per heavy atom. The van der Waals surface area contributed by atoms with Crippen LogP contribution in [-0.2, 0) is 0 Å². The first-order valence-electron chi connectivity index (χ1n) is 2.58. The van der Waals surface area contributed by atoms with E-state index in [1.165, 1.54) is 0 Å². The third-order valence-corrected chi connectivity index (χ3v) is 1.28. The van der Waals surface area contributed by atoms with Crippen LogP contribution in [0.3, 0.4) is 0 Å². The summed E-state index contributed by atoms with van der Waals surface area (Å²) in [4.78, 5) is 8.56. The molecule has 0 aliphatic heterocycles. The lowest BCUT2D eigenvalue weighted by Crippen LogP contribution is -2.09. The second kappa shape index (κ2) is 2.27. The number of hydrogen-bond acceptors (Lipinski definition) is 2. The van der Waals surface area contributed by atoms with Crippen molar-refractivity contribution < 1.29 is 0 Å². The van der Waals surface area contributed by atoms with Crippen LogP contribution in [0.1, 0.15) is 0 Å². The largest absolute Gasteiger partial charge is 0.360 e. The molecule has 1 aromatic heterocycles. The van der Waals surface area contributed by atoms with Crippen molar-refractivity contribution >= 4 is 17.4 Å². The Morgan fingerprint density at radius 1 is 1.67 bits per heavy atom. The molecule has 1 aromatic rings. The number of nitrogens with zero attached hydrogens (tertiary/aromatic N) is 2. The average Bonchev–Trinajstić information content (AvgIpc) is 2.13. The zero-order chi connectivity index (χ0) is 6.85. The first-order valence-corrected chi connectivity index (χ1v) is 2.96. The number of aromatic amines is 1. The molecule has 0 unspecified atom stereocenters. The molecule has 1 heterocycles. The highest BCUT2D eigenvalue weighted by molar-refractivity contribution is 6.31. The summed E-state index contributed by atoms with van der Waals surface area (Å²) in [6, 6.07) is 0. The molecular formula is C5H8ClN3. The van der Waals surface area contributed by atoms with Gasteiger partial charge in [0.25, 0.3) is 0 Å². The number of nitrogens with one attached hydrogen (secondary N) is 1. The van der Waals surface area contributed by atoms with Gasteiger partial charge in [-0.25, -0.2) is 4.98 Å². The Hall–Kier alpha value is -0.700. The Bertz CT molecular complexity index is 194. The minimum atomic E-state index is 0.583. The summed E-state index contributed by atoms with van der Waals surface area (Å²) in [6.45, 7) is 0. The number of halogens is 1. The lowest BCUT2D eigenvalue weighted by molar-refractivity contribution is 1.09. The van der Waals surface area contributed by atoms with E-state index in [2.05, 4.69) is 9.97 Å². The molecule has 9 heavy (non-hydrogen) atoms. The molecule has 4 heteroatoms. The summed E-state index contributed by atoms with van der Waals surface area (Å²) in [5, 5.41) is 0.583. The molecule has 0 radical (unpaired) electrons. The van der Waals surface area contributed by atoms with Crippen molar-refractivity contribution in [2.45, 2.75) is 0 Å². The fourth-order valence-corrected chi connectivity index (χ4v) is 0.850. The van der Waals surface area contributed by atoms with Crippen LogP contribution in [0.2, 0.25) is 5.15 Å². The van der Waals surface area contributed by atoms with Crippen molar-refractivity contribution in [2.75, 3.05) is 19.0 Å². The molecule has 50 valence electrons. The lowest BCUT2D eigenvalue weighted by atomic mass is 10.7. The highest BCUT2D eigenvalue weighted by Gasteiger charge is 2.02. The topological polar surface area (TPSA) is 31.9 Å². The summed E-state index contributed by atoms with van der Waals surface area (Å²) >= 11 is 5.68. The Balaban J connectivity index is 2.94. The predicted octanol–water partition coefficient (Wildman–Crippen LogP) is 1.13. The van der Waals surface area contributed by atoms with Crippen molar-refractivity contribution in [3.05, 3.63) is 11.5 Å². The Morgan fingerprint density at radius 3 is 2.56 bits per heavy atom. The third kappa shape index (κ3) is 1.16. The van der Waals surface area contributed by atoms with E-state index in [1.54, 1.807) is 6.33 Å². The molecule has 3 nitrogen and oxygen atoms in total. The molecule has 1 rings (SSSR count). The first kappa shape index (κ1) is 6.42. The van der Waals surface area contributed by atoms with Crippen LogP contribution in [0.25, 0.3) is 0 Å². The Labute approximate surface area is 58.7 Å². The van der Waals surface area contributed by atoms with Gasteiger partial charge in [0.15, 0.2) is 11.0 Å². The normalized spacial score (nSPS) is 9.67. The number of anilines is 1. The molecule has 0 bridgehead atoms. The van der Waals surface area contributed by atoms with Gasteiger partial charge in [-0.3, -0.25) is 0 Å². The smallest absolute Gasteiger partial charge is 0.165 e. The van der Waals surface area contributed by atoms with E-state index >= 15 is 0 Å². The molecule has 0 spiro atoms. The minimum Gasteiger partial charge on any atom is -0.360 e. The summed E-state index contributed by atoms with van der Waals surface area (Å²) < 4.78 is 0. The number of H-pyrrole nitrogens is 1. The van der Waals surface area contributed by atoms with Crippen molar-refractivity contribution in [3.63, 3.8) is 0 Å². The van der Waals surface area contributed by atoms with Gasteiger partial charge in [-0.1, -0.05) is 11.6 Å². The van der Waals surface area contributed by atoms with E-state index in [0.29, 0.717) is 5.15 Å². The number of hydrogen-bond donors (Lipinski definition) is 1. The van der Waals surface area contributed by atoms with Crippen molar-refractivity contribution in [2.24, 2.45) is 0 Å². The van der Waals surface area contributed by atoms with Crippen LogP contribution in [0.15, 0.2) is 6.33 Å². The van der Waals surface area contributed by atoms with Gasteiger partial charge in [-0.05, 0) is 0 Å². The maximum Gasteiger partial charge on any atom is 0.165 e. The Kier molecular flexibility index (Phi) is 1.62. The van der Waals surface area contributed by atoms with Gasteiger partial charge >= 0.3 is 0 Å². The molecular weight excluding hydrogens is 138 g/mol. The third-order valence-electron chi connectivity index (χ3n) is 0.998. The van der Waals surface area contributed by atoms with Gasteiger partial charge in [-0.15, -0.1) is 0 Å². The lowest BCUT2D eigenvalue weighted by Gasteiger charge is -2.06. The average molecular weight is 146 g/mol. The van der Waals surface area contributed by atoms with Crippen molar-refractivity contribution in [1.82, 2.24) is 9.97 Å². The maximum absolute atomic E-state index is 5.68. The van der Waals surface area contributed by atoms with Crippen LogP contribution in [0.4, 0.5) is 5.82 Å². The van der Waals surface area contributed by atoms with Crippen LogP contribution in [0, 0.1) is 0 Å². The van der Waals surface area contributed by atoms with Gasteiger partial charge in [0.2, 0.25) is 0 Å². The van der Waals surface area contributed by atoms with E-state index in [1.807, 2.05) is 19.0 Å². The SMILES string of the molecule is CN(C)c1nc[nH]c1Cl. The fourth-order valence-electron chi connectivity index (χ4n) is 0.583. The number of imidazole rings is 1. The van der Waals surface area contributed by atoms with Gasteiger partial charge in [-0.2, -0.15) is 0 Å². The van der Waals surface area contributed by atoms with Crippen LogP contribution >= 0.6 is 11.6 Å². The van der Waals surface area contributed by atoms with Gasteiger partial charge in [0.05, 0.1) is 6.33 Å². The summed E-state index contributed by atoms with van der Waals surface area (Å²) in [7, 11) is 3.78. The van der Waals surface area contributed by atoms with Gasteiger partial charge < -0.3 is 9.88 Å². The molecule has 1 N–H and O–H groups in total. The molecule has 0 aliphatic rings. The fraction of sp³-hybridized carbons (Fsp3) is 0.400. The van der Waals surface area contributed by atoms with E-state index in [4.69, 9.17) is 11.6 Å². The van der Waals surface area contributed by atoms with E-state index in [-0.39, 0.29) is 0 Å². The maximum atomic E-state index is 5.68. The number of aromatic nitrogens is 2. The second-order valence-electron chi connectivity index (χ2n) is 1.93. The predicted molar refractivity (Wildman–Crippen MR) is 37.9 cm³/mol. The molecule has 0 saturated heterocycles. The summed E-state index contributed by atoms with van der Waals surface area (Å²) in [6.07, 6.45) is 1.57. The van der Waals surface area contributed by atoms with Crippen LogP contribution < -0.4 is 4.90 Å². The minimum absolute atomic E-state index is 0.583. The number of rotatable bonds is 1. The van der Waals surface area contributed by atoms with Crippen molar-refractivity contribution in [3.8, 4) is 0 Å². The highest BCUT2D eigenvalue weighted by Crippen LogP contribution is 2.17. The molecule has 0 aromatic carbocycles. The summed E-state index contributed by atoms with van der Waals surface area (Å²) in [5.74, 6) is 0.775.